The minimum absolute atomic E-state index is 0. The van der Waals surface area contributed by atoms with Crippen molar-refractivity contribution in [2.24, 2.45) is 4.99 Å². The Morgan fingerprint density at radius 1 is 1.11 bits per heavy atom. The molecule has 27 heavy (non-hydrogen) atoms. The predicted octanol–water partition coefficient (Wildman–Crippen LogP) is 4.28. The molecule has 0 amide bonds. The van der Waals surface area contributed by atoms with E-state index in [0.29, 0.717) is 6.54 Å². The summed E-state index contributed by atoms with van der Waals surface area (Å²) in [6, 6.07) is 12.3. The van der Waals surface area contributed by atoms with Gasteiger partial charge in [0.05, 0.1) is 12.8 Å². The number of hydrogen-bond donors (Lipinski definition) is 3. The van der Waals surface area contributed by atoms with Crippen molar-refractivity contribution in [2.45, 2.75) is 19.8 Å². The maximum Gasteiger partial charge on any atom is 0.191 e. The van der Waals surface area contributed by atoms with Gasteiger partial charge in [-0.25, -0.2) is 4.99 Å². The Kier molecular flexibility index (Phi) is 8.44. The molecule has 5 nitrogen and oxygen atoms in total. The fourth-order valence-electron chi connectivity index (χ4n) is 2.80. The molecule has 1 aromatic carbocycles. The SMILES string of the molecule is C=C(C)CN=C(NCCc1ccco1)NCCc1c[nH]c2ccccc12.I. The van der Waals surface area contributed by atoms with E-state index < -0.39 is 0 Å². The molecule has 144 valence electrons. The minimum Gasteiger partial charge on any atom is -0.469 e. The maximum absolute atomic E-state index is 5.37. The lowest BCUT2D eigenvalue weighted by Gasteiger charge is -2.12. The molecule has 3 aromatic rings. The van der Waals surface area contributed by atoms with E-state index in [1.807, 2.05) is 25.1 Å². The van der Waals surface area contributed by atoms with Gasteiger partial charge in [-0.2, -0.15) is 0 Å². The van der Waals surface area contributed by atoms with Crippen LogP contribution in [0.4, 0.5) is 0 Å². The molecule has 0 unspecified atom stereocenters. The third kappa shape index (κ3) is 6.46. The molecule has 0 aliphatic rings. The predicted molar refractivity (Wildman–Crippen MR) is 123 cm³/mol. The fourth-order valence-corrected chi connectivity index (χ4v) is 2.80. The standard InChI is InChI=1S/C21H26N4O.HI/c1-16(2)14-25-21(23-12-10-18-6-5-13-26-18)22-11-9-17-15-24-20-8-4-3-7-19(17)20;/h3-8,13,15,24H,1,9-12,14H2,2H3,(H2,22,23,25);1H. The van der Waals surface area contributed by atoms with Crippen molar-refractivity contribution in [3.05, 3.63) is 72.3 Å². The number of para-hydroxylation sites is 1. The summed E-state index contributed by atoms with van der Waals surface area (Å²) in [5.41, 5.74) is 3.52. The lowest BCUT2D eigenvalue weighted by atomic mass is 10.1. The van der Waals surface area contributed by atoms with E-state index in [-0.39, 0.29) is 24.0 Å². The Labute approximate surface area is 177 Å². The summed E-state index contributed by atoms with van der Waals surface area (Å²) in [5.74, 6) is 1.77. The van der Waals surface area contributed by atoms with Gasteiger partial charge in [0.25, 0.3) is 0 Å². The number of guanidine groups is 1. The Balaban J connectivity index is 0.00000261. The summed E-state index contributed by atoms with van der Waals surface area (Å²) >= 11 is 0. The molecule has 3 rings (SSSR count). The summed E-state index contributed by atoms with van der Waals surface area (Å²) in [6.07, 6.45) is 5.53. The van der Waals surface area contributed by atoms with Gasteiger partial charge in [0.1, 0.15) is 5.76 Å². The van der Waals surface area contributed by atoms with Crippen LogP contribution in [0.25, 0.3) is 10.9 Å². The van der Waals surface area contributed by atoms with Crippen LogP contribution in [0.2, 0.25) is 0 Å². The van der Waals surface area contributed by atoms with Gasteiger partial charge in [0, 0.05) is 36.6 Å². The molecule has 0 radical (unpaired) electrons. The highest BCUT2D eigenvalue weighted by molar-refractivity contribution is 14.0. The number of aromatic amines is 1. The van der Waals surface area contributed by atoms with E-state index in [0.717, 1.165) is 43.2 Å². The van der Waals surface area contributed by atoms with Crippen molar-refractivity contribution in [3.63, 3.8) is 0 Å². The molecule has 0 fully saturated rings. The summed E-state index contributed by atoms with van der Waals surface area (Å²) in [5, 5.41) is 8.05. The molecule has 0 aliphatic heterocycles. The average Bonchev–Trinajstić information content (AvgIpc) is 3.29. The van der Waals surface area contributed by atoms with Crippen LogP contribution in [0.15, 0.2) is 70.4 Å². The van der Waals surface area contributed by atoms with Crippen LogP contribution in [-0.4, -0.2) is 30.6 Å². The smallest absolute Gasteiger partial charge is 0.191 e. The number of H-pyrrole nitrogens is 1. The Bertz CT molecular complexity index is 867. The second-order valence-electron chi connectivity index (χ2n) is 6.41. The molecule has 0 spiro atoms. The van der Waals surface area contributed by atoms with Crippen LogP contribution in [0, 0.1) is 0 Å². The zero-order valence-corrected chi connectivity index (χ0v) is 18.0. The van der Waals surface area contributed by atoms with Gasteiger partial charge in [-0.1, -0.05) is 30.4 Å². The molecule has 3 N–H and O–H groups in total. The summed E-state index contributed by atoms with van der Waals surface area (Å²) in [6.45, 7) is 8.09. The quantitative estimate of drug-likeness (QED) is 0.196. The average molecular weight is 478 g/mol. The molecule has 0 aliphatic carbocycles. The third-order valence-electron chi connectivity index (χ3n) is 4.11. The number of hydrogen-bond acceptors (Lipinski definition) is 2. The van der Waals surface area contributed by atoms with Crippen LogP contribution >= 0.6 is 24.0 Å². The summed E-state index contributed by atoms with van der Waals surface area (Å²) < 4.78 is 5.37. The van der Waals surface area contributed by atoms with E-state index >= 15 is 0 Å². The van der Waals surface area contributed by atoms with Crippen LogP contribution in [0.5, 0.6) is 0 Å². The van der Waals surface area contributed by atoms with Crippen LogP contribution in [0.3, 0.4) is 0 Å². The third-order valence-corrected chi connectivity index (χ3v) is 4.11. The molecule has 2 heterocycles. The fraction of sp³-hybridized carbons (Fsp3) is 0.286. The highest BCUT2D eigenvalue weighted by Gasteiger charge is 2.04. The lowest BCUT2D eigenvalue weighted by molar-refractivity contribution is 0.507. The molecular formula is C21H27IN4O. The van der Waals surface area contributed by atoms with Crippen molar-refractivity contribution in [3.8, 4) is 0 Å². The van der Waals surface area contributed by atoms with Crippen molar-refractivity contribution in [1.82, 2.24) is 15.6 Å². The number of nitrogens with zero attached hydrogens (tertiary/aromatic N) is 1. The highest BCUT2D eigenvalue weighted by atomic mass is 127. The first kappa shape index (κ1) is 21.1. The number of aromatic nitrogens is 1. The number of benzene rings is 1. The lowest BCUT2D eigenvalue weighted by Crippen LogP contribution is -2.39. The number of fused-ring (bicyclic) bond motifs is 1. The van der Waals surface area contributed by atoms with E-state index in [4.69, 9.17) is 4.42 Å². The molecule has 0 bridgehead atoms. The van der Waals surface area contributed by atoms with Gasteiger partial charge in [-0.15, -0.1) is 24.0 Å². The van der Waals surface area contributed by atoms with Gasteiger partial charge in [-0.05, 0) is 37.1 Å². The minimum atomic E-state index is 0. The van der Waals surface area contributed by atoms with Crippen molar-refractivity contribution in [1.29, 1.82) is 0 Å². The zero-order chi connectivity index (χ0) is 18.2. The van der Waals surface area contributed by atoms with Gasteiger partial charge in [0.15, 0.2) is 5.96 Å². The molecule has 0 atom stereocenters. The zero-order valence-electron chi connectivity index (χ0n) is 15.6. The first-order valence-electron chi connectivity index (χ1n) is 8.96. The normalized spacial score (nSPS) is 11.2. The molecule has 2 aromatic heterocycles. The Morgan fingerprint density at radius 2 is 1.89 bits per heavy atom. The Hall–Kier alpha value is -2.22. The van der Waals surface area contributed by atoms with Gasteiger partial charge >= 0.3 is 0 Å². The number of rotatable bonds is 8. The van der Waals surface area contributed by atoms with Crippen LogP contribution in [-0.2, 0) is 12.8 Å². The van der Waals surface area contributed by atoms with E-state index in [1.54, 1.807) is 6.26 Å². The van der Waals surface area contributed by atoms with Crippen molar-refractivity contribution in [2.75, 3.05) is 19.6 Å². The van der Waals surface area contributed by atoms with E-state index in [9.17, 15) is 0 Å². The highest BCUT2D eigenvalue weighted by Crippen LogP contribution is 2.17. The van der Waals surface area contributed by atoms with Gasteiger partial charge in [-0.3, -0.25) is 0 Å². The largest absolute Gasteiger partial charge is 0.469 e. The molecular weight excluding hydrogens is 451 g/mol. The van der Waals surface area contributed by atoms with E-state index in [1.165, 1.54) is 16.5 Å². The topological polar surface area (TPSA) is 65.3 Å². The van der Waals surface area contributed by atoms with Gasteiger partial charge < -0.3 is 20.0 Å². The van der Waals surface area contributed by atoms with Crippen LogP contribution < -0.4 is 10.6 Å². The second-order valence-corrected chi connectivity index (χ2v) is 6.41. The van der Waals surface area contributed by atoms with Crippen molar-refractivity contribution >= 4 is 40.8 Å². The number of nitrogens with one attached hydrogen (secondary N) is 3. The number of furan rings is 1. The monoisotopic (exact) mass is 478 g/mol. The van der Waals surface area contributed by atoms with Crippen LogP contribution in [0.1, 0.15) is 18.2 Å². The molecule has 0 saturated heterocycles. The molecule has 0 saturated carbocycles. The molecule has 6 heteroatoms. The summed E-state index contributed by atoms with van der Waals surface area (Å²) in [4.78, 5) is 7.90. The number of halogens is 1. The van der Waals surface area contributed by atoms with E-state index in [2.05, 4.69) is 51.6 Å². The summed E-state index contributed by atoms with van der Waals surface area (Å²) in [7, 11) is 0. The Morgan fingerprint density at radius 3 is 2.63 bits per heavy atom. The maximum atomic E-state index is 5.37. The van der Waals surface area contributed by atoms with Gasteiger partial charge in [0.2, 0.25) is 0 Å². The first-order valence-corrected chi connectivity index (χ1v) is 8.96. The van der Waals surface area contributed by atoms with Crippen molar-refractivity contribution < 1.29 is 4.42 Å². The number of aliphatic imine (C=N–C) groups is 1. The first-order chi connectivity index (χ1) is 12.7. The second kappa shape index (κ2) is 10.8.